The van der Waals surface area contributed by atoms with E-state index in [0.717, 1.165) is 5.69 Å². The van der Waals surface area contributed by atoms with Crippen molar-refractivity contribution < 1.29 is 13.5 Å². The summed E-state index contributed by atoms with van der Waals surface area (Å²) >= 11 is 0. The zero-order valence-electron chi connectivity index (χ0n) is 15.3. The normalized spacial score (nSPS) is 13.6. The van der Waals surface area contributed by atoms with E-state index in [1.54, 1.807) is 28.8 Å². The van der Waals surface area contributed by atoms with Crippen molar-refractivity contribution in [3.63, 3.8) is 0 Å². The number of alkyl halides is 1. The molecule has 4 rings (SSSR count). The van der Waals surface area contributed by atoms with Crippen LogP contribution in [-0.4, -0.2) is 38.3 Å². The van der Waals surface area contributed by atoms with Crippen molar-refractivity contribution in [1.82, 2.24) is 24.6 Å². The summed E-state index contributed by atoms with van der Waals surface area (Å²) in [7, 11) is 1.39. The van der Waals surface area contributed by atoms with Crippen molar-refractivity contribution in [1.29, 1.82) is 0 Å². The molecular weight excluding hydrogens is 366 g/mol. The Morgan fingerprint density at radius 3 is 2.68 bits per heavy atom. The number of halogens is 2. The van der Waals surface area contributed by atoms with Gasteiger partial charge in [0.25, 0.3) is 0 Å². The van der Waals surface area contributed by atoms with Crippen molar-refractivity contribution in [3.8, 4) is 0 Å². The van der Waals surface area contributed by atoms with E-state index in [1.165, 1.54) is 31.4 Å². The molecule has 2 N–H and O–H groups in total. The number of H-pyrrole nitrogens is 1. The van der Waals surface area contributed by atoms with Gasteiger partial charge >= 0.3 is 0 Å². The Hall–Kier alpha value is -3.33. The van der Waals surface area contributed by atoms with Crippen LogP contribution < -0.4 is 5.32 Å². The number of nitrogens with zero attached hydrogens (tertiary/aromatic N) is 4. The van der Waals surface area contributed by atoms with Gasteiger partial charge in [-0.15, -0.1) is 0 Å². The summed E-state index contributed by atoms with van der Waals surface area (Å²) in [6, 6.07) is 10.4. The molecule has 0 aliphatic heterocycles. The second-order valence-corrected chi connectivity index (χ2v) is 6.41. The first kappa shape index (κ1) is 18.1. The maximum absolute atomic E-state index is 16.1. The Morgan fingerprint density at radius 2 is 2.00 bits per heavy atom. The number of methoxy groups -OCH3 is 1. The standard InChI is InChI=1S/C19H18F2N6O/c1-12-10-15(26-25-12)22-18-24-17(23-16-4-3-9-27(16)18)19(21,11-28-2)13-5-7-14(20)8-6-13/h3-10H,11H2,1-2H3,(H2,22,23,24,25,26). The number of anilines is 2. The molecule has 0 aliphatic carbocycles. The summed E-state index contributed by atoms with van der Waals surface area (Å²) in [5, 5.41) is 10.0. The van der Waals surface area contributed by atoms with Crippen LogP contribution in [0.4, 0.5) is 20.5 Å². The molecule has 0 aliphatic rings. The van der Waals surface area contributed by atoms with Gasteiger partial charge in [-0.25, -0.2) is 13.8 Å². The van der Waals surface area contributed by atoms with Crippen molar-refractivity contribution >= 4 is 17.4 Å². The molecule has 1 aromatic carbocycles. The number of aryl methyl sites for hydroxylation is 1. The third kappa shape index (κ3) is 3.20. The number of ether oxygens (including phenoxy) is 1. The third-order valence-electron chi connectivity index (χ3n) is 4.33. The van der Waals surface area contributed by atoms with Gasteiger partial charge in [0.2, 0.25) is 11.6 Å². The van der Waals surface area contributed by atoms with Gasteiger partial charge < -0.3 is 10.1 Å². The Bertz CT molecular complexity index is 1110. The molecule has 0 amide bonds. The van der Waals surface area contributed by atoms with E-state index in [0.29, 0.717) is 17.4 Å². The number of fused-ring (bicyclic) bond motifs is 1. The SMILES string of the molecule is COCC(F)(c1ccc(F)cc1)c1nc(Nc2cc(C)[nH]n2)n2cccc2n1. The lowest BCUT2D eigenvalue weighted by atomic mass is 9.95. The molecule has 0 bridgehead atoms. The Morgan fingerprint density at radius 1 is 1.21 bits per heavy atom. The smallest absolute Gasteiger partial charge is 0.218 e. The van der Waals surface area contributed by atoms with Gasteiger partial charge in [0.1, 0.15) is 11.5 Å². The quantitative estimate of drug-likeness (QED) is 0.532. The first-order valence-corrected chi connectivity index (χ1v) is 8.58. The van der Waals surface area contributed by atoms with Gasteiger partial charge in [-0.3, -0.25) is 9.50 Å². The average Bonchev–Trinajstić information content (AvgIpc) is 3.31. The number of aromatic amines is 1. The van der Waals surface area contributed by atoms with Gasteiger partial charge in [-0.2, -0.15) is 10.1 Å². The van der Waals surface area contributed by atoms with E-state index in [1.807, 2.05) is 6.92 Å². The van der Waals surface area contributed by atoms with E-state index in [2.05, 4.69) is 25.5 Å². The second kappa shape index (κ2) is 7.01. The molecule has 144 valence electrons. The molecule has 3 aromatic heterocycles. The van der Waals surface area contributed by atoms with Crippen LogP contribution in [0.2, 0.25) is 0 Å². The summed E-state index contributed by atoms with van der Waals surface area (Å²) in [5.74, 6) is 0.330. The summed E-state index contributed by atoms with van der Waals surface area (Å²) in [5.41, 5.74) is -0.592. The van der Waals surface area contributed by atoms with Crippen molar-refractivity contribution in [2.75, 3.05) is 19.0 Å². The van der Waals surface area contributed by atoms with Crippen molar-refractivity contribution in [2.24, 2.45) is 0 Å². The van der Waals surface area contributed by atoms with Crippen molar-refractivity contribution in [2.45, 2.75) is 12.6 Å². The van der Waals surface area contributed by atoms with Crippen LogP contribution in [0.1, 0.15) is 17.1 Å². The topological polar surface area (TPSA) is 80.1 Å². The lowest BCUT2D eigenvalue weighted by Gasteiger charge is -2.24. The molecule has 7 nitrogen and oxygen atoms in total. The number of nitrogens with one attached hydrogen (secondary N) is 2. The van der Waals surface area contributed by atoms with E-state index >= 15 is 4.39 Å². The van der Waals surface area contributed by atoms with Crippen LogP contribution in [0, 0.1) is 12.7 Å². The number of aromatic nitrogens is 5. The van der Waals surface area contributed by atoms with Crippen molar-refractivity contribution in [3.05, 3.63) is 71.6 Å². The summed E-state index contributed by atoms with van der Waals surface area (Å²) in [4.78, 5) is 8.77. The molecule has 0 spiro atoms. The molecule has 4 aromatic rings. The lowest BCUT2D eigenvalue weighted by Crippen LogP contribution is -2.31. The number of benzene rings is 1. The Balaban J connectivity index is 1.84. The molecule has 0 fully saturated rings. The number of hydrogen-bond donors (Lipinski definition) is 2. The fourth-order valence-corrected chi connectivity index (χ4v) is 2.98. The highest BCUT2D eigenvalue weighted by Gasteiger charge is 2.38. The van der Waals surface area contributed by atoms with Gasteiger partial charge in [0.15, 0.2) is 11.6 Å². The first-order chi connectivity index (χ1) is 13.5. The highest BCUT2D eigenvalue weighted by molar-refractivity contribution is 5.54. The van der Waals surface area contributed by atoms with E-state index in [-0.39, 0.29) is 18.0 Å². The number of hydrogen-bond acceptors (Lipinski definition) is 5. The molecular formula is C19H18F2N6O. The summed E-state index contributed by atoms with van der Waals surface area (Å²) < 4.78 is 36.2. The second-order valence-electron chi connectivity index (χ2n) is 6.41. The zero-order chi connectivity index (χ0) is 19.7. The largest absolute Gasteiger partial charge is 0.380 e. The van der Waals surface area contributed by atoms with E-state index < -0.39 is 11.5 Å². The highest BCUT2D eigenvalue weighted by Crippen LogP contribution is 2.33. The van der Waals surface area contributed by atoms with Gasteiger partial charge in [0.05, 0.1) is 6.61 Å². The Labute approximate surface area is 159 Å². The summed E-state index contributed by atoms with van der Waals surface area (Å²) in [6.45, 7) is 1.55. The van der Waals surface area contributed by atoms with Crippen LogP contribution in [0.25, 0.3) is 5.65 Å². The number of rotatable bonds is 6. The molecule has 1 atom stereocenters. The monoisotopic (exact) mass is 384 g/mol. The zero-order valence-corrected chi connectivity index (χ0v) is 15.3. The first-order valence-electron chi connectivity index (χ1n) is 8.58. The molecule has 1 unspecified atom stereocenters. The summed E-state index contributed by atoms with van der Waals surface area (Å²) in [6.07, 6.45) is 1.76. The maximum Gasteiger partial charge on any atom is 0.218 e. The lowest BCUT2D eigenvalue weighted by molar-refractivity contribution is 0.0623. The average molecular weight is 384 g/mol. The molecule has 9 heteroatoms. The fourth-order valence-electron chi connectivity index (χ4n) is 2.98. The predicted octanol–water partition coefficient (Wildman–Crippen LogP) is 3.50. The third-order valence-corrected chi connectivity index (χ3v) is 4.33. The van der Waals surface area contributed by atoms with Crippen LogP contribution in [0.5, 0.6) is 0 Å². The van der Waals surface area contributed by atoms with Gasteiger partial charge in [0, 0.05) is 25.1 Å². The highest BCUT2D eigenvalue weighted by atomic mass is 19.1. The van der Waals surface area contributed by atoms with E-state index in [4.69, 9.17) is 4.74 Å². The molecule has 3 heterocycles. The maximum atomic E-state index is 16.1. The van der Waals surface area contributed by atoms with Crippen LogP contribution in [-0.2, 0) is 10.4 Å². The minimum Gasteiger partial charge on any atom is -0.380 e. The molecule has 28 heavy (non-hydrogen) atoms. The molecule has 0 saturated carbocycles. The molecule has 0 radical (unpaired) electrons. The minimum absolute atomic E-state index is 0.0954. The van der Waals surface area contributed by atoms with E-state index in [9.17, 15) is 4.39 Å². The van der Waals surface area contributed by atoms with Gasteiger partial charge in [-0.05, 0) is 36.8 Å². The predicted molar refractivity (Wildman–Crippen MR) is 99.8 cm³/mol. The Kier molecular flexibility index (Phi) is 4.52. The fraction of sp³-hybridized carbons (Fsp3) is 0.211. The van der Waals surface area contributed by atoms with Gasteiger partial charge in [-0.1, -0.05) is 12.1 Å². The minimum atomic E-state index is -2.16. The van der Waals surface area contributed by atoms with Crippen LogP contribution >= 0.6 is 0 Å². The molecule has 0 saturated heterocycles. The van der Waals surface area contributed by atoms with Crippen LogP contribution in [0.15, 0.2) is 48.7 Å². The van der Waals surface area contributed by atoms with Crippen LogP contribution in [0.3, 0.4) is 0 Å².